The highest BCUT2D eigenvalue weighted by molar-refractivity contribution is 7.95. The van der Waals surface area contributed by atoms with Gasteiger partial charge in [0, 0.05) is 0 Å². The number of carbonyl (C=O) groups is 1. The number of hydrogen-bond donors (Lipinski definition) is 0. The second-order valence-electron chi connectivity index (χ2n) is 3.24. The predicted molar refractivity (Wildman–Crippen MR) is 61.2 cm³/mol. The highest BCUT2D eigenvalue weighted by Gasteiger charge is 2.42. The van der Waals surface area contributed by atoms with Crippen LogP contribution in [0.3, 0.4) is 0 Å². The first-order valence-corrected chi connectivity index (χ1v) is 5.67. The van der Waals surface area contributed by atoms with E-state index < -0.39 is 24.0 Å². The van der Waals surface area contributed by atoms with E-state index in [4.69, 9.17) is 0 Å². The fraction of sp³-hybridized carbons (Fsp3) is 0.364. The molecule has 0 amide bonds. The lowest BCUT2D eigenvalue weighted by molar-refractivity contribution is -0.0278. The fourth-order valence-corrected chi connectivity index (χ4v) is 1.46. The lowest BCUT2D eigenvalue weighted by Crippen LogP contribution is -2.31. The minimum absolute atomic E-state index is 0.174. The molecule has 100 valence electrons. The molecule has 0 aliphatic carbocycles. The van der Waals surface area contributed by atoms with Gasteiger partial charge in [-0.15, -0.1) is 0 Å². The zero-order valence-electron chi connectivity index (χ0n) is 9.44. The van der Waals surface area contributed by atoms with Crippen LogP contribution in [0.4, 0.5) is 13.2 Å². The van der Waals surface area contributed by atoms with Crippen molar-refractivity contribution in [2.45, 2.75) is 11.4 Å². The van der Waals surface area contributed by atoms with Crippen molar-refractivity contribution in [3.8, 4) is 0 Å². The summed E-state index contributed by atoms with van der Waals surface area (Å²) in [6.07, 6.45) is -2.63. The maximum Gasteiger partial charge on any atom is 0.351 e. The molecule has 0 radical (unpaired) electrons. The van der Waals surface area contributed by atoms with Crippen molar-refractivity contribution in [1.82, 2.24) is 0 Å². The van der Waals surface area contributed by atoms with Gasteiger partial charge in [0.1, 0.15) is 6.61 Å². The third kappa shape index (κ3) is 4.23. The Morgan fingerprint density at radius 3 is 2.56 bits per heavy atom. The third-order valence-electron chi connectivity index (χ3n) is 1.93. The van der Waals surface area contributed by atoms with Crippen LogP contribution in [-0.4, -0.2) is 31.1 Å². The van der Waals surface area contributed by atoms with E-state index in [0.717, 1.165) is 7.11 Å². The molecule has 1 aromatic rings. The van der Waals surface area contributed by atoms with Crippen molar-refractivity contribution >= 4 is 18.0 Å². The van der Waals surface area contributed by atoms with E-state index in [9.17, 15) is 18.0 Å². The Hall–Kier alpha value is -1.21. The standard InChI is InChI=1S/C11H11F3O3S/c1-16-18-11(13,14)9(12)7-17-10(15)8-5-3-2-4-6-8/h2-6,9H,7H2,1H3. The molecule has 1 unspecified atom stereocenters. The number of carbonyl (C=O) groups excluding carboxylic acids is 1. The van der Waals surface area contributed by atoms with Gasteiger partial charge in [-0.3, -0.25) is 0 Å². The quantitative estimate of drug-likeness (QED) is 0.592. The van der Waals surface area contributed by atoms with Gasteiger partial charge >= 0.3 is 11.2 Å². The number of benzene rings is 1. The summed E-state index contributed by atoms with van der Waals surface area (Å²) in [4.78, 5) is 11.4. The molecule has 0 aliphatic heterocycles. The first-order chi connectivity index (χ1) is 8.47. The van der Waals surface area contributed by atoms with E-state index in [2.05, 4.69) is 8.92 Å². The molecule has 1 atom stereocenters. The summed E-state index contributed by atoms with van der Waals surface area (Å²) < 4.78 is 47.6. The van der Waals surface area contributed by atoms with Gasteiger partial charge in [0.2, 0.25) is 6.17 Å². The second-order valence-corrected chi connectivity index (χ2v) is 4.29. The van der Waals surface area contributed by atoms with Gasteiger partial charge < -0.3 is 8.92 Å². The SMILES string of the molecule is COSC(F)(F)C(F)COC(=O)c1ccccc1. The third-order valence-corrected chi connectivity index (χ3v) is 2.57. The zero-order valence-corrected chi connectivity index (χ0v) is 10.3. The second kappa shape index (κ2) is 6.65. The molecular weight excluding hydrogens is 269 g/mol. The molecule has 0 saturated carbocycles. The summed E-state index contributed by atoms with van der Waals surface area (Å²) >= 11 is -0.310. The van der Waals surface area contributed by atoms with E-state index in [1.54, 1.807) is 18.2 Å². The van der Waals surface area contributed by atoms with Crippen LogP contribution in [0.15, 0.2) is 30.3 Å². The summed E-state index contributed by atoms with van der Waals surface area (Å²) in [6, 6.07) is 7.73. The molecule has 3 nitrogen and oxygen atoms in total. The Morgan fingerprint density at radius 2 is 2.00 bits per heavy atom. The highest BCUT2D eigenvalue weighted by atomic mass is 32.2. The van der Waals surface area contributed by atoms with Crippen molar-refractivity contribution < 1.29 is 26.9 Å². The molecule has 0 aromatic heterocycles. The minimum Gasteiger partial charge on any atom is -0.459 e. The zero-order chi connectivity index (χ0) is 13.6. The number of rotatable bonds is 6. The lowest BCUT2D eigenvalue weighted by atomic mass is 10.2. The Balaban J connectivity index is 2.48. The van der Waals surface area contributed by atoms with Crippen LogP contribution >= 0.6 is 12.0 Å². The van der Waals surface area contributed by atoms with E-state index in [-0.39, 0.29) is 17.6 Å². The van der Waals surface area contributed by atoms with Crippen LogP contribution in [0, 0.1) is 0 Å². The van der Waals surface area contributed by atoms with Gasteiger partial charge in [-0.25, -0.2) is 9.18 Å². The molecule has 0 bridgehead atoms. The van der Waals surface area contributed by atoms with Crippen molar-refractivity contribution in [2.75, 3.05) is 13.7 Å². The molecule has 0 fully saturated rings. The Kier molecular flexibility index (Phi) is 5.49. The topological polar surface area (TPSA) is 35.5 Å². The van der Waals surface area contributed by atoms with E-state index >= 15 is 0 Å². The van der Waals surface area contributed by atoms with Gasteiger partial charge in [-0.2, -0.15) is 8.78 Å². The highest BCUT2D eigenvalue weighted by Crippen LogP contribution is 2.34. The molecule has 0 aliphatic rings. The lowest BCUT2D eigenvalue weighted by Gasteiger charge is -2.18. The van der Waals surface area contributed by atoms with Gasteiger partial charge in [0.15, 0.2) is 0 Å². The number of hydrogen-bond acceptors (Lipinski definition) is 4. The monoisotopic (exact) mass is 280 g/mol. The summed E-state index contributed by atoms with van der Waals surface area (Å²) in [7, 11) is 1.00. The van der Waals surface area contributed by atoms with Crippen LogP contribution in [0.1, 0.15) is 10.4 Å². The Labute approximate surface area is 106 Å². The number of esters is 1. The van der Waals surface area contributed by atoms with Gasteiger partial charge in [0.25, 0.3) is 0 Å². The summed E-state index contributed by atoms with van der Waals surface area (Å²) in [6.45, 7) is -1.03. The summed E-state index contributed by atoms with van der Waals surface area (Å²) in [5, 5.41) is -3.76. The molecular formula is C11H11F3O3S. The molecule has 0 N–H and O–H groups in total. The predicted octanol–water partition coefficient (Wildman–Crippen LogP) is 3.07. The maximum atomic E-state index is 13.1. The first-order valence-electron chi connectivity index (χ1n) is 4.93. The van der Waals surface area contributed by atoms with Gasteiger partial charge in [-0.1, -0.05) is 18.2 Å². The van der Waals surface area contributed by atoms with Crippen molar-refractivity contribution in [3.05, 3.63) is 35.9 Å². The van der Waals surface area contributed by atoms with E-state index in [1.165, 1.54) is 12.1 Å². The Bertz CT molecular complexity index is 386. The molecule has 0 saturated heterocycles. The van der Waals surface area contributed by atoms with Gasteiger partial charge in [-0.05, 0) is 12.1 Å². The maximum absolute atomic E-state index is 13.1. The van der Waals surface area contributed by atoms with Crippen molar-refractivity contribution in [1.29, 1.82) is 0 Å². The molecule has 7 heteroatoms. The van der Waals surface area contributed by atoms with Crippen LogP contribution in [0.2, 0.25) is 0 Å². The summed E-state index contributed by atoms with van der Waals surface area (Å²) in [5.41, 5.74) is 0.174. The normalized spacial score (nSPS) is 13.1. The average molecular weight is 280 g/mol. The van der Waals surface area contributed by atoms with Crippen molar-refractivity contribution in [2.24, 2.45) is 0 Å². The first kappa shape index (κ1) is 14.8. The van der Waals surface area contributed by atoms with Crippen LogP contribution in [0.25, 0.3) is 0 Å². The summed E-state index contributed by atoms with van der Waals surface area (Å²) in [5.74, 6) is -0.850. The minimum atomic E-state index is -3.76. The number of halogens is 3. The van der Waals surface area contributed by atoms with Crippen LogP contribution in [-0.2, 0) is 8.92 Å². The molecule has 0 heterocycles. The fourth-order valence-electron chi connectivity index (χ4n) is 1.07. The van der Waals surface area contributed by atoms with Gasteiger partial charge in [0.05, 0.1) is 24.7 Å². The Morgan fingerprint density at radius 1 is 1.39 bits per heavy atom. The number of alkyl halides is 3. The molecule has 0 spiro atoms. The van der Waals surface area contributed by atoms with Crippen LogP contribution in [0.5, 0.6) is 0 Å². The van der Waals surface area contributed by atoms with E-state index in [0.29, 0.717) is 0 Å². The largest absolute Gasteiger partial charge is 0.459 e. The number of ether oxygens (including phenoxy) is 1. The molecule has 1 aromatic carbocycles. The smallest absolute Gasteiger partial charge is 0.351 e. The van der Waals surface area contributed by atoms with E-state index in [1.807, 2.05) is 0 Å². The average Bonchev–Trinajstić information content (AvgIpc) is 2.36. The van der Waals surface area contributed by atoms with Crippen molar-refractivity contribution in [3.63, 3.8) is 0 Å². The molecule has 1 rings (SSSR count). The molecule has 18 heavy (non-hydrogen) atoms. The van der Waals surface area contributed by atoms with Crippen LogP contribution < -0.4 is 0 Å².